The number of para-hydroxylation sites is 1. The van der Waals surface area contributed by atoms with Crippen LogP contribution in [0.1, 0.15) is 29.3 Å². The van der Waals surface area contributed by atoms with Crippen molar-refractivity contribution < 1.29 is 14.3 Å². The Bertz CT molecular complexity index is 608. The first-order valence-corrected chi connectivity index (χ1v) is 7.37. The van der Waals surface area contributed by atoms with E-state index in [9.17, 15) is 4.79 Å². The van der Waals surface area contributed by atoms with E-state index in [1.54, 1.807) is 19.2 Å². The molecule has 0 heterocycles. The van der Waals surface area contributed by atoms with Crippen molar-refractivity contribution in [1.82, 2.24) is 5.32 Å². The zero-order chi connectivity index (χ0) is 15.8. The lowest BCUT2D eigenvalue weighted by Gasteiger charge is -2.10. The highest BCUT2D eigenvalue weighted by atomic mass is 16.5. The van der Waals surface area contributed by atoms with Gasteiger partial charge in [0.25, 0.3) is 5.91 Å². The number of hydrogen-bond donors (Lipinski definition) is 1. The SMILES string of the molecule is CCCOc1ccc(CNC(=O)c2ccccc2OC)cc1. The van der Waals surface area contributed by atoms with Gasteiger partial charge in [0.1, 0.15) is 11.5 Å². The average molecular weight is 299 g/mol. The van der Waals surface area contributed by atoms with Crippen LogP contribution in [0.25, 0.3) is 0 Å². The molecule has 0 fully saturated rings. The highest BCUT2D eigenvalue weighted by Gasteiger charge is 2.10. The minimum Gasteiger partial charge on any atom is -0.496 e. The Labute approximate surface area is 131 Å². The van der Waals surface area contributed by atoms with Crippen molar-refractivity contribution in [2.45, 2.75) is 19.9 Å². The van der Waals surface area contributed by atoms with Crippen LogP contribution in [0, 0.1) is 0 Å². The fraction of sp³-hybridized carbons (Fsp3) is 0.278. The van der Waals surface area contributed by atoms with Gasteiger partial charge < -0.3 is 14.8 Å². The fourth-order valence-electron chi connectivity index (χ4n) is 2.03. The van der Waals surface area contributed by atoms with Gasteiger partial charge in [0.2, 0.25) is 0 Å². The monoisotopic (exact) mass is 299 g/mol. The van der Waals surface area contributed by atoms with E-state index in [-0.39, 0.29) is 5.91 Å². The molecule has 0 spiro atoms. The molecule has 1 N–H and O–H groups in total. The molecule has 0 bridgehead atoms. The average Bonchev–Trinajstić information content (AvgIpc) is 2.58. The van der Waals surface area contributed by atoms with Crippen LogP contribution in [-0.2, 0) is 6.54 Å². The van der Waals surface area contributed by atoms with Crippen LogP contribution in [0.15, 0.2) is 48.5 Å². The van der Waals surface area contributed by atoms with Crippen LogP contribution in [0.4, 0.5) is 0 Å². The maximum Gasteiger partial charge on any atom is 0.255 e. The Morgan fingerprint density at radius 1 is 1.09 bits per heavy atom. The zero-order valence-corrected chi connectivity index (χ0v) is 13.0. The number of nitrogens with one attached hydrogen (secondary N) is 1. The molecule has 0 aliphatic rings. The Kier molecular flexibility index (Phi) is 5.83. The van der Waals surface area contributed by atoms with Crippen LogP contribution >= 0.6 is 0 Å². The van der Waals surface area contributed by atoms with E-state index >= 15 is 0 Å². The molecule has 0 atom stereocenters. The van der Waals surface area contributed by atoms with Crippen LogP contribution in [0.5, 0.6) is 11.5 Å². The first-order valence-electron chi connectivity index (χ1n) is 7.37. The second-order valence-electron chi connectivity index (χ2n) is 4.88. The molecule has 0 aliphatic heterocycles. The van der Waals surface area contributed by atoms with E-state index < -0.39 is 0 Å². The molecule has 0 unspecified atom stereocenters. The Morgan fingerprint density at radius 3 is 2.50 bits per heavy atom. The van der Waals surface area contributed by atoms with Gasteiger partial charge in [0.15, 0.2) is 0 Å². The molecule has 22 heavy (non-hydrogen) atoms. The highest BCUT2D eigenvalue weighted by molar-refractivity contribution is 5.96. The summed E-state index contributed by atoms with van der Waals surface area (Å²) < 4.78 is 10.7. The van der Waals surface area contributed by atoms with Gasteiger partial charge in [-0.05, 0) is 36.2 Å². The first kappa shape index (κ1) is 15.9. The predicted molar refractivity (Wildman–Crippen MR) is 86.4 cm³/mol. The molecule has 4 nitrogen and oxygen atoms in total. The van der Waals surface area contributed by atoms with Crippen LogP contribution in [-0.4, -0.2) is 19.6 Å². The highest BCUT2D eigenvalue weighted by Crippen LogP contribution is 2.17. The smallest absolute Gasteiger partial charge is 0.255 e. The van der Waals surface area contributed by atoms with E-state index in [0.717, 1.165) is 17.7 Å². The van der Waals surface area contributed by atoms with Crippen molar-refractivity contribution in [2.75, 3.05) is 13.7 Å². The minimum atomic E-state index is -0.149. The van der Waals surface area contributed by atoms with Gasteiger partial charge in [0.05, 0.1) is 19.3 Å². The molecular formula is C18H21NO3. The number of hydrogen-bond acceptors (Lipinski definition) is 3. The van der Waals surface area contributed by atoms with Gasteiger partial charge >= 0.3 is 0 Å². The van der Waals surface area contributed by atoms with Gasteiger partial charge in [-0.3, -0.25) is 4.79 Å². The van der Waals surface area contributed by atoms with E-state index in [0.29, 0.717) is 24.5 Å². The fourth-order valence-corrected chi connectivity index (χ4v) is 2.03. The van der Waals surface area contributed by atoms with Crippen molar-refractivity contribution in [1.29, 1.82) is 0 Å². The van der Waals surface area contributed by atoms with Gasteiger partial charge in [-0.25, -0.2) is 0 Å². The summed E-state index contributed by atoms with van der Waals surface area (Å²) in [4.78, 5) is 12.2. The van der Waals surface area contributed by atoms with Crippen molar-refractivity contribution >= 4 is 5.91 Å². The predicted octanol–water partition coefficient (Wildman–Crippen LogP) is 3.41. The van der Waals surface area contributed by atoms with E-state index in [1.165, 1.54) is 0 Å². The molecule has 0 saturated carbocycles. The Morgan fingerprint density at radius 2 is 1.82 bits per heavy atom. The molecule has 4 heteroatoms. The second-order valence-corrected chi connectivity index (χ2v) is 4.88. The Balaban J connectivity index is 1.93. The van der Waals surface area contributed by atoms with Crippen LogP contribution in [0.2, 0.25) is 0 Å². The number of carbonyl (C=O) groups excluding carboxylic acids is 1. The molecule has 0 aliphatic carbocycles. The van der Waals surface area contributed by atoms with Crippen molar-refractivity contribution in [2.24, 2.45) is 0 Å². The molecule has 0 aromatic heterocycles. The maximum absolute atomic E-state index is 12.2. The van der Waals surface area contributed by atoms with E-state index in [4.69, 9.17) is 9.47 Å². The molecule has 0 radical (unpaired) electrons. The standard InChI is InChI=1S/C18H21NO3/c1-3-12-22-15-10-8-14(9-11-15)13-19-18(20)16-6-4-5-7-17(16)21-2/h4-11H,3,12-13H2,1-2H3,(H,19,20). The molecule has 2 aromatic carbocycles. The van der Waals surface area contributed by atoms with E-state index in [2.05, 4.69) is 12.2 Å². The van der Waals surface area contributed by atoms with Gasteiger partial charge in [-0.2, -0.15) is 0 Å². The minimum absolute atomic E-state index is 0.149. The second kappa shape index (κ2) is 8.08. The van der Waals surface area contributed by atoms with Crippen molar-refractivity contribution in [3.63, 3.8) is 0 Å². The number of amides is 1. The van der Waals surface area contributed by atoms with Gasteiger partial charge in [-0.1, -0.05) is 31.2 Å². The number of rotatable bonds is 7. The largest absolute Gasteiger partial charge is 0.496 e. The van der Waals surface area contributed by atoms with E-state index in [1.807, 2.05) is 36.4 Å². The van der Waals surface area contributed by atoms with Crippen LogP contribution < -0.4 is 14.8 Å². The molecular weight excluding hydrogens is 278 g/mol. The zero-order valence-electron chi connectivity index (χ0n) is 13.0. The molecule has 2 aromatic rings. The molecule has 0 saturated heterocycles. The lowest BCUT2D eigenvalue weighted by molar-refractivity contribution is 0.0948. The first-order chi connectivity index (χ1) is 10.7. The number of carbonyl (C=O) groups is 1. The van der Waals surface area contributed by atoms with Crippen molar-refractivity contribution in [3.8, 4) is 11.5 Å². The van der Waals surface area contributed by atoms with Gasteiger partial charge in [-0.15, -0.1) is 0 Å². The summed E-state index contributed by atoms with van der Waals surface area (Å²) in [5.41, 5.74) is 1.56. The third kappa shape index (κ3) is 4.25. The third-order valence-electron chi connectivity index (χ3n) is 3.20. The van der Waals surface area contributed by atoms with Gasteiger partial charge in [0, 0.05) is 6.54 Å². The molecule has 2 rings (SSSR count). The van der Waals surface area contributed by atoms with Crippen molar-refractivity contribution in [3.05, 3.63) is 59.7 Å². The summed E-state index contributed by atoms with van der Waals surface area (Å²) in [5, 5.41) is 2.89. The third-order valence-corrected chi connectivity index (χ3v) is 3.20. The topological polar surface area (TPSA) is 47.6 Å². The number of methoxy groups -OCH3 is 1. The summed E-state index contributed by atoms with van der Waals surface area (Å²) in [6.07, 6.45) is 0.983. The number of ether oxygens (including phenoxy) is 2. The summed E-state index contributed by atoms with van der Waals surface area (Å²) in [5.74, 6) is 1.27. The summed E-state index contributed by atoms with van der Waals surface area (Å²) in [6, 6.07) is 14.9. The quantitative estimate of drug-likeness (QED) is 0.852. The Hall–Kier alpha value is -2.49. The molecule has 1 amide bonds. The molecule has 116 valence electrons. The summed E-state index contributed by atoms with van der Waals surface area (Å²) in [6.45, 7) is 3.25. The van der Waals surface area contributed by atoms with Crippen LogP contribution in [0.3, 0.4) is 0 Å². The summed E-state index contributed by atoms with van der Waals surface area (Å²) in [7, 11) is 1.56. The lowest BCUT2D eigenvalue weighted by atomic mass is 10.1. The normalized spacial score (nSPS) is 10.1. The summed E-state index contributed by atoms with van der Waals surface area (Å²) >= 11 is 0. The maximum atomic E-state index is 12.2. The lowest BCUT2D eigenvalue weighted by Crippen LogP contribution is -2.23. The number of benzene rings is 2.